The number of hydrogen-bond acceptors (Lipinski definition) is 7. The van der Waals surface area contributed by atoms with Gasteiger partial charge >= 0.3 is 0 Å². The lowest BCUT2D eigenvalue weighted by Crippen LogP contribution is -2.36. The van der Waals surface area contributed by atoms with Crippen LogP contribution < -0.4 is 14.4 Å². The Bertz CT molecular complexity index is 1160. The average molecular weight is 566 g/mol. The number of methoxy groups -OCH3 is 1. The fraction of sp³-hybridized carbons (Fsp3) is 0.238. The molecule has 0 saturated carbocycles. The lowest BCUT2D eigenvalue weighted by atomic mass is 10.1. The number of thioether (sulfide) groups is 1. The largest absolute Gasteiger partial charge is 0.496 e. The van der Waals surface area contributed by atoms with E-state index in [0.29, 0.717) is 39.3 Å². The van der Waals surface area contributed by atoms with Crippen molar-refractivity contribution in [1.82, 2.24) is 15.2 Å². The summed E-state index contributed by atoms with van der Waals surface area (Å²) in [5.41, 5.74) is 2.49. The summed E-state index contributed by atoms with van der Waals surface area (Å²) in [7, 11) is 1.58. The molecule has 1 amide bonds. The fourth-order valence-corrected chi connectivity index (χ4v) is 4.61. The van der Waals surface area contributed by atoms with Crippen molar-refractivity contribution in [3.8, 4) is 22.9 Å². The van der Waals surface area contributed by atoms with Crippen LogP contribution in [-0.2, 0) is 4.79 Å². The van der Waals surface area contributed by atoms with Gasteiger partial charge < -0.3 is 9.47 Å². The number of carbonyl (C=O) groups is 1. The molecule has 0 spiro atoms. The van der Waals surface area contributed by atoms with E-state index >= 15 is 0 Å². The molecule has 0 saturated heterocycles. The van der Waals surface area contributed by atoms with Gasteiger partial charge in [0.1, 0.15) is 5.75 Å². The molecule has 31 heavy (non-hydrogen) atoms. The van der Waals surface area contributed by atoms with Crippen LogP contribution in [0.1, 0.15) is 25.6 Å². The van der Waals surface area contributed by atoms with Gasteiger partial charge in [-0.2, -0.15) is 4.98 Å². The van der Waals surface area contributed by atoms with E-state index in [0.717, 1.165) is 14.7 Å². The highest BCUT2D eigenvalue weighted by Gasteiger charge is 2.36. The highest BCUT2D eigenvalue weighted by Crippen LogP contribution is 2.46. The summed E-state index contributed by atoms with van der Waals surface area (Å²) in [4.78, 5) is 19.1. The van der Waals surface area contributed by atoms with Crippen molar-refractivity contribution in [3.05, 3.63) is 50.9 Å². The maximum absolute atomic E-state index is 12.9. The third-order valence-electron chi connectivity index (χ3n) is 4.64. The van der Waals surface area contributed by atoms with Crippen LogP contribution in [0, 0.1) is 0 Å². The summed E-state index contributed by atoms with van der Waals surface area (Å²) in [5.74, 6) is 1.50. The minimum atomic E-state index is -0.817. The lowest BCUT2D eigenvalue weighted by molar-refractivity contribution is -0.118. The highest BCUT2D eigenvalue weighted by atomic mass is 79.9. The van der Waals surface area contributed by atoms with Gasteiger partial charge in [0, 0.05) is 21.4 Å². The second-order valence-electron chi connectivity index (χ2n) is 6.59. The van der Waals surface area contributed by atoms with Crippen LogP contribution in [0.2, 0.25) is 0 Å². The van der Waals surface area contributed by atoms with Gasteiger partial charge in [0.25, 0.3) is 0 Å². The van der Waals surface area contributed by atoms with E-state index in [1.165, 1.54) is 18.7 Å². The Labute approximate surface area is 200 Å². The molecule has 1 aromatic heterocycles. The number of amides is 1. The first-order valence-electron chi connectivity index (χ1n) is 9.40. The van der Waals surface area contributed by atoms with Crippen molar-refractivity contribution in [3.63, 3.8) is 0 Å². The maximum Gasteiger partial charge on any atom is 0.247 e. The van der Waals surface area contributed by atoms with E-state index < -0.39 is 6.23 Å². The number of rotatable bonds is 4. The monoisotopic (exact) mass is 564 g/mol. The number of anilines is 1. The molecule has 4 rings (SSSR count). The maximum atomic E-state index is 12.9. The molecule has 1 aliphatic rings. The normalized spacial score (nSPS) is 14.9. The SMILES string of the molecule is CCSc1nnc2c(n1)OC(c1cc(Br)ccc1OC)N(C(C)=O)c1ccc(Br)cc1-2. The standard InChI is InChI=1S/C21H18Br2N4O3S/c1-4-31-21-24-19-18(25-26-21)14-9-12(22)5-7-16(14)27(11(2)28)20(30-19)15-10-13(23)6-8-17(15)29-3/h5-10,20H,4H2,1-3H3. The molecule has 2 aromatic carbocycles. The van der Waals surface area contributed by atoms with E-state index in [1.807, 2.05) is 43.3 Å². The quantitative estimate of drug-likeness (QED) is 0.379. The average Bonchev–Trinajstić information content (AvgIpc) is 2.88. The highest BCUT2D eigenvalue weighted by molar-refractivity contribution is 9.10. The summed E-state index contributed by atoms with van der Waals surface area (Å²) in [6, 6.07) is 11.2. The van der Waals surface area contributed by atoms with Crippen molar-refractivity contribution < 1.29 is 14.3 Å². The Morgan fingerprint density at radius 2 is 1.94 bits per heavy atom. The predicted octanol–water partition coefficient (Wildman–Crippen LogP) is 5.63. The minimum absolute atomic E-state index is 0.195. The zero-order chi connectivity index (χ0) is 22.1. The van der Waals surface area contributed by atoms with Crippen molar-refractivity contribution in [2.75, 3.05) is 17.8 Å². The van der Waals surface area contributed by atoms with Crippen molar-refractivity contribution >= 4 is 55.2 Å². The molecule has 0 N–H and O–H groups in total. The molecule has 0 fully saturated rings. The molecule has 0 aliphatic carbocycles. The number of hydrogen-bond donors (Lipinski definition) is 0. The van der Waals surface area contributed by atoms with Crippen LogP contribution in [-0.4, -0.2) is 34.0 Å². The predicted molar refractivity (Wildman–Crippen MR) is 127 cm³/mol. The molecule has 3 aromatic rings. The summed E-state index contributed by atoms with van der Waals surface area (Å²) in [6.45, 7) is 3.51. The number of aromatic nitrogens is 3. The van der Waals surface area contributed by atoms with Gasteiger partial charge in [0.15, 0.2) is 5.69 Å². The first kappa shape index (κ1) is 22.0. The molecular weight excluding hydrogens is 548 g/mol. The minimum Gasteiger partial charge on any atom is -0.496 e. The van der Waals surface area contributed by atoms with E-state index in [9.17, 15) is 4.79 Å². The van der Waals surface area contributed by atoms with Gasteiger partial charge in [-0.3, -0.25) is 9.69 Å². The van der Waals surface area contributed by atoms with E-state index in [2.05, 4.69) is 47.0 Å². The Morgan fingerprint density at radius 1 is 1.19 bits per heavy atom. The smallest absolute Gasteiger partial charge is 0.247 e. The van der Waals surface area contributed by atoms with Gasteiger partial charge in [0.2, 0.25) is 23.2 Å². The third-order valence-corrected chi connectivity index (χ3v) is 6.34. The number of fused-ring (bicyclic) bond motifs is 3. The third kappa shape index (κ3) is 4.28. The Balaban J connectivity index is 2.00. The van der Waals surface area contributed by atoms with Gasteiger partial charge in [-0.05, 0) is 42.2 Å². The number of carbonyl (C=O) groups excluding carboxylic acids is 1. The molecular formula is C21H18Br2N4O3S. The second-order valence-corrected chi connectivity index (χ2v) is 9.65. The van der Waals surface area contributed by atoms with Crippen LogP contribution in [0.15, 0.2) is 50.5 Å². The molecule has 0 bridgehead atoms. The second kappa shape index (κ2) is 9.13. The topological polar surface area (TPSA) is 77.4 Å². The zero-order valence-electron chi connectivity index (χ0n) is 16.9. The Kier molecular flexibility index (Phi) is 6.49. The Hall–Kier alpha value is -2.17. The molecule has 7 nitrogen and oxygen atoms in total. The number of ether oxygens (including phenoxy) is 2. The Morgan fingerprint density at radius 3 is 2.65 bits per heavy atom. The first-order valence-corrected chi connectivity index (χ1v) is 12.0. The van der Waals surface area contributed by atoms with Crippen molar-refractivity contribution in [1.29, 1.82) is 0 Å². The van der Waals surface area contributed by atoms with Crippen molar-refractivity contribution in [2.24, 2.45) is 0 Å². The van der Waals surface area contributed by atoms with Crippen LogP contribution in [0.4, 0.5) is 5.69 Å². The molecule has 10 heteroatoms. The van der Waals surface area contributed by atoms with Crippen LogP contribution >= 0.6 is 43.6 Å². The van der Waals surface area contributed by atoms with Gasteiger partial charge in [0.05, 0.1) is 18.4 Å². The molecule has 2 heterocycles. The summed E-state index contributed by atoms with van der Waals surface area (Å²) >= 11 is 8.49. The van der Waals surface area contributed by atoms with Gasteiger partial charge in [-0.15, -0.1) is 10.2 Å². The molecule has 160 valence electrons. The molecule has 0 radical (unpaired) electrons. The lowest BCUT2D eigenvalue weighted by Gasteiger charge is -2.30. The van der Waals surface area contributed by atoms with Crippen molar-refractivity contribution in [2.45, 2.75) is 25.2 Å². The number of nitrogens with zero attached hydrogens (tertiary/aromatic N) is 4. The number of halogens is 2. The van der Waals surface area contributed by atoms with Gasteiger partial charge in [-0.1, -0.05) is 50.5 Å². The van der Waals surface area contributed by atoms with Crippen LogP contribution in [0.3, 0.4) is 0 Å². The van der Waals surface area contributed by atoms with E-state index in [4.69, 9.17) is 9.47 Å². The van der Waals surface area contributed by atoms with Crippen LogP contribution in [0.25, 0.3) is 11.3 Å². The van der Waals surface area contributed by atoms with E-state index in [-0.39, 0.29) is 5.91 Å². The number of benzene rings is 2. The van der Waals surface area contributed by atoms with E-state index in [1.54, 1.807) is 12.0 Å². The summed E-state index contributed by atoms with van der Waals surface area (Å²) in [6.07, 6.45) is -0.817. The molecule has 1 aliphatic heterocycles. The molecule has 1 unspecified atom stereocenters. The summed E-state index contributed by atoms with van der Waals surface area (Å²) < 4.78 is 13.6. The zero-order valence-corrected chi connectivity index (χ0v) is 20.9. The first-order chi connectivity index (χ1) is 14.9. The van der Waals surface area contributed by atoms with Crippen LogP contribution in [0.5, 0.6) is 11.6 Å². The molecule has 1 atom stereocenters. The fourth-order valence-electron chi connectivity index (χ4n) is 3.37. The summed E-state index contributed by atoms with van der Waals surface area (Å²) in [5, 5.41) is 9.15. The van der Waals surface area contributed by atoms with Gasteiger partial charge in [-0.25, -0.2) is 0 Å².